The Hall–Kier alpha value is 0.240. The van der Waals surface area contributed by atoms with Crippen LogP contribution in [0.1, 0.15) is 22.3 Å². The quantitative estimate of drug-likeness (QED) is 0.191. The summed E-state index contributed by atoms with van der Waals surface area (Å²) < 4.78 is 6.64. The summed E-state index contributed by atoms with van der Waals surface area (Å²) in [5.74, 6) is 0. The molecule has 0 unspecified atom stereocenters. The Labute approximate surface area is 286 Å². The lowest BCUT2D eigenvalue weighted by atomic mass is 9.98. The van der Waals surface area contributed by atoms with Crippen molar-refractivity contribution in [3.05, 3.63) is 104 Å². The van der Waals surface area contributed by atoms with Crippen molar-refractivity contribution in [2.24, 2.45) is 0 Å². The van der Waals surface area contributed by atoms with Crippen LogP contribution in [-0.2, 0) is 6.42 Å². The van der Waals surface area contributed by atoms with Crippen LogP contribution in [0.4, 0.5) is 0 Å². The maximum atomic E-state index is 9.31. The maximum Gasteiger partial charge on any atom is 0.100 e. The van der Waals surface area contributed by atoms with Crippen LogP contribution in [0.15, 0.2) is 60.7 Å². The summed E-state index contributed by atoms with van der Waals surface area (Å²) in [7, 11) is 0. The molecule has 0 heterocycles. The summed E-state index contributed by atoms with van der Waals surface area (Å²) in [4.78, 5) is 0. The second kappa shape index (κ2) is 12.4. The molecule has 0 radical (unpaired) electrons. The van der Waals surface area contributed by atoms with Gasteiger partial charge in [0.2, 0.25) is 0 Å². The molecular formula is C27H12I6N2. The molecule has 0 aliphatic carbocycles. The van der Waals surface area contributed by atoms with E-state index < -0.39 is 0 Å². The van der Waals surface area contributed by atoms with Crippen molar-refractivity contribution >= 4 is 136 Å². The standard InChI is InChI=1S/C27H12I6N2/c28-22-10-14(1-5-18(22)20-7-3-16(12-34)24(30)26(20)32)9-15-2-6-19(23(29)11-15)21-8-4-17(13-35)25(31)27(21)33/h1-8,10-11H,9H2. The van der Waals surface area contributed by atoms with Crippen LogP contribution in [0.3, 0.4) is 0 Å². The van der Waals surface area contributed by atoms with Crippen molar-refractivity contribution < 1.29 is 0 Å². The largest absolute Gasteiger partial charge is 0.192 e. The molecule has 0 saturated heterocycles. The van der Waals surface area contributed by atoms with E-state index in [0.29, 0.717) is 11.1 Å². The summed E-state index contributed by atoms with van der Waals surface area (Å²) in [6, 6.07) is 25.7. The minimum absolute atomic E-state index is 0.717. The molecule has 8 heteroatoms. The lowest BCUT2D eigenvalue weighted by molar-refractivity contribution is 1.18. The van der Waals surface area contributed by atoms with E-state index in [0.717, 1.165) is 31.8 Å². The zero-order chi connectivity index (χ0) is 25.3. The molecule has 0 bridgehead atoms. The van der Waals surface area contributed by atoms with Crippen molar-refractivity contribution in [3.63, 3.8) is 0 Å². The highest BCUT2D eigenvalue weighted by Gasteiger charge is 2.15. The van der Waals surface area contributed by atoms with Gasteiger partial charge in [-0.2, -0.15) is 10.5 Å². The minimum Gasteiger partial charge on any atom is -0.192 e. The van der Waals surface area contributed by atoms with Gasteiger partial charge < -0.3 is 0 Å². The molecule has 0 amide bonds. The van der Waals surface area contributed by atoms with Gasteiger partial charge in [-0.05, 0) is 200 Å². The average molecular weight is 1130 g/mol. The molecule has 0 spiro atoms. The lowest BCUT2D eigenvalue weighted by Gasteiger charge is -2.13. The highest BCUT2D eigenvalue weighted by Crippen LogP contribution is 2.36. The Morgan fingerprint density at radius 1 is 0.486 bits per heavy atom. The first-order chi connectivity index (χ1) is 16.7. The van der Waals surface area contributed by atoms with Crippen molar-refractivity contribution in [1.82, 2.24) is 0 Å². The van der Waals surface area contributed by atoms with Crippen molar-refractivity contribution in [2.45, 2.75) is 6.42 Å². The van der Waals surface area contributed by atoms with Crippen LogP contribution in [-0.4, -0.2) is 0 Å². The van der Waals surface area contributed by atoms with Gasteiger partial charge >= 0.3 is 0 Å². The maximum absolute atomic E-state index is 9.31. The fourth-order valence-corrected chi connectivity index (χ4v) is 8.14. The van der Waals surface area contributed by atoms with Crippen LogP contribution < -0.4 is 0 Å². The van der Waals surface area contributed by atoms with Crippen LogP contribution >= 0.6 is 136 Å². The summed E-state index contributed by atoms with van der Waals surface area (Å²) in [5.41, 5.74) is 8.67. The number of halogens is 6. The van der Waals surface area contributed by atoms with Gasteiger partial charge in [0.1, 0.15) is 12.1 Å². The number of rotatable bonds is 4. The van der Waals surface area contributed by atoms with Gasteiger partial charge in [-0.15, -0.1) is 0 Å². The fourth-order valence-electron chi connectivity index (χ4n) is 3.70. The average Bonchev–Trinajstić information content (AvgIpc) is 2.84. The zero-order valence-corrected chi connectivity index (χ0v) is 30.6. The Bertz CT molecular complexity index is 1450. The molecule has 0 atom stereocenters. The van der Waals surface area contributed by atoms with E-state index in [2.05, 4.69) is 184 Å². The Kier molecular flexibility index (Phi) is 10.0. The molecule has 35 heavy (non-hydrogen) atoms. The van der Waals surface area contributed by atoms with E-state index in [9.17, 15) is 10.5 Å². The summed E-state index contributed by atoms with van der Waals surface area (Å²) in [6.45, 7) is 0. The number of nitriles is 2. The number of hydrogen-bond acceptors (Lipinski definition) is 2. The van der Waals surface area contributed by atoms with Gasteiger partial charge in [0.05, 0.1) is 11.1 Å². The smallest absolute Gasteiger partial charge is 0.100 e. The highest BCUT2D eigenvalue weighted by atomic mass is 127. The molecule has 4 aromatic rings. The predicted molar refractivity (Wildman–Crippen MR) is 192 cm³/mol. The van der Waals surface area contributed by atoms with Crippen molar-refractivity contribution in [1.29, 1.82) is 10.5 Å². The van der Waals surface area contributed by atoms with Crippen LogP contribution in [0, 0.1) is 44.1 Å². The van der Waals surface area contributed by atoms with Crippen LogP contribution in [0.5, 0.6) is 0 Å². The van der Waals surface area contributed by atoms with Crippen molar-refractivity contribution in [3.8, 4) is 34.4 Å². The molecule has 0 aliphatic heterocycles. The number of hydrogen-bond donors (Lipinski definition) is 0. The molecule has 0 aromatic heterocycles. The highest BCUT2D eigenvalue weighted by molar-refractivity contribution is 14.1. The second-order valence-corrected chi connectivity index (χ2v) is 14.2. The molecule has 4 aromatic carbocycles. The molecule has 2 nitrogen and oxygen atoms in total. The van der Waals surface area contributed by atoms with Crippen LogP contribution in [0.2, 0.25) is 0 Å². The predicted octanol–water partition coefficient (Wildman–Crippen LogP) is 9.98. The number of benzene rings is 4. The molecular weight excluding hydrogens is 1110 g/mol. The third-order valence-electron chi connectivity index (χ3n) is 5.46. The topological polar surface area (TPSA) is 47.6 Å². The van der Waals surface area contributed by atoms with E-state index in [1.54, 1.807) is 0 Å². The lowest BCUT2D eigenvalue weighted by Crippen LogP contribution is -1.96. The van der Waals surface area contributed by atoms with E-state index in [4.69, 9.17) is 0 Å². The van der Waals surface area contributed by atoms with Gasteiger partial charge in [-0.1, -0.05) is 36.4 Å². The fraction of sp³-hybridized carbons (Fsp3) is 0.0370. The Morgan fingerprint density at radius 2 is 0.857 bits per heavy atom. The second-order valence-electron chi connectivity index (χ2n) is 7.61. The van der Waals surface area contributed by atoms with Crippen molar-refractivity contribution in [2.75, 3.05) is 0 Å². The van der Waals surface area contributed by atoms with Gasteiger partial charge in [0.25, 0.3) is 0 Å². The SMILES string of the molecule is N#Cc1ccc(-c2ccc(Cc3ccc(-c4ccc(C#N)c(I)c4I)c(I)c3)cc2I)c(I)c1I. The normalized spacial score (nSPS) is 10.6. The first kappa shape index (κ1) is 28.3. The first-order valence-corrected chi connectivity index (χ1v) is 16.6. The van der Waals surface area contributed by atoms with Gasteiger partial charge in [0.15, 0.2) is 0 Å². The summed E-state index contributed by atoms with van der Waals surface area (Å²) in [5, 5.41) is 18.6. The first-order valence-electron chi connectivity index (χ1n) is 10.1. The zero-order valence-electron chi connectivity index (χ0n) is 17.6. The van der Waals surface area contributed by atoms with Crippen LogP contribution in [0.25, 0.3) is 22.3 Å². The third kappa shape index (κ3) is 6.12. The number of nitrogens with zero attached hydrogens (tertiary/aromatic N) is 2. The van der Waals surface area contributed by atoms with Gasteiger partial charge in [-0.3, -0.25) is 0 Å². The van der Waals surface area contributed by atoms with Gasteiger partial charge in [-0.25, -0.2) is 0 Å². The van der Waals surface area contributed by atoms with E-state index in [-0.39, 0.29) is 0 Å². The molecule has 0 N–H and O–H groups in total. The molecule has 0 saturated carbocycles. The van der Waals surface area contributed by atoms with E-state index in [1.165, 1.54) is 29.4 Å². The van der Waals surface area contributed by atoms with E-state index >= 15 is 0 Å². The molecule has 0 aliphatic rings. The molecule has 4 rings (SSSR count). The van der Waals surface area contributed by atoms with Gasteiger partial charge in [0, 0.05) is 21.4 Å². The summed E-state index contributed by atoms with van der Waals surface area (Å²) >= 11 is 14.0. The monoisotopic (exact) mass is 1130 g/mol. The summed E-state index contributed by atoms with van der Waals surface area (Å²) in [6.07, 6.45) is 0.858. The molecule has 172 valence electrons. The van der Waals surface area contributed by atoms with E-state index in [1.807, 2.05) is 24.3 Å². The minimum atomic E-state index is 0.717. The molecule has 0 fully saturated rings. The third-order valence-corrected chi connectivity index (χ3v) is 13.8. The Morgan fingerprint density at radius 3 is 1.20 bits per heavy atom. The Balaban J connectivity index is 1.62.